The molecule has 0 N–H and O–H groups in total. The van der Waals surface area contributed by atoms with Crippen LogP contribution in [0.25, 0.3) is 10.8 Å². The smallest absolute Gasteiger partial charge is 0.162 e. The third-order valence-corrected chi connectivity index (χ3v) is 5.86. The van der Waals surface area contributed by atoms with E-state index in [1.807, 2.05) is 23.5 Å². The summed E-state index contributed by atoms with van der Waals surface area (Å²) in [6.07, 6.45) is 1.70. The molecule has 0 bridgehead atoms. The predicted molar refractivity (Wildman–Crippen MR) is 94.7 cm³/mol. The Bertz CT molecular complexity index is 713. The first-order valence-corrected chi connectivity index (χ1v) is 9.58. The number of rotatable bonds is 5. The maximum absolute atomic E-state index is 5.42. The van der Waals surface area contributed by atoms with Gasteiger partial charge in [0.1, 0.15) is 0 Å². The van der Waals surface area contributed by atoms with Crippen molar-refractivity contribution in [1.82, 2.24) is 14.8 Å². The lowest BCUT2D eigenvalue weighted by atomic mass is 10.3. The van der Waals surface area contributed by atoms with Crippen molar-refractivity contribution >= 4 is 22.7 Å². The number of hydrogen-bond acceptors (Lipinski definition) is 6. The zero-order valence-corrected chi connectivity index (χ0v) is 14.5. The van der Waals surface area contributed by atoms with Gasteiger partial charge in [-0.2, -0.15) is 0 Å². The molecule has 0 spiro atoms. The van der Waals surface area contributed by atoms with Gasteiger partial charge in [-0.15, -0.1) is 22.7 Å². The molecule has 0 atom stereocenters. The fraction of sp³-hybridized carbons (Fsp3) is 0.353. The van der Waals surface area contributed by atoms with Crippen molar-refractivity contribution in [3.05, 3.63) is 51.9 Å². The van der Waals surface area contributed by atoms with Crippen LogP contribution in [0.4, 0.5) is 0 Å². The van der Waals surface area contributed by atoms with Crippen molar-refractivity contribution in [2.24, 2.45) is 0 Å². The summed E-state index contributed by atoms with van der Waals surface area (Å²) in [7, 11) is 0. The summed E-state index contributed by atoms with van der Waals surface area (Å²) in [5.41, 5.74) is 1.15. The van der Waals surface area contributed by atoms with Crippen LogP contribution in [0.5, 0.6) is 0 Å². The maximum atomic E-state index is 5.42. The molecule has 0 saturated carbocycles. The number of furan rings is 1. The molecular formula is C17H19N3OS2. The molecule has 4 nitrogen and oxygen atoms in total. The monoisotopic (exact) mass is 345 g/mol. The highest BCUT2D eigenvalue weighted by atomic mass is 32.1. The van der Waals surface area contributed by atoms with Crippen LogP contribution < -0.4 is 0 Å². The van der Waals surface area contributed by atoms with Crippen molar-refractivity contribution in [1.29, 1.82) is 0 Å². The lowest BCUT2D eigenvalue weighted by molar-refractivity contribution is 0.122. The summed E-state index contributed by atoms with van der Waals surface area (Å²) in [5, 5.41) is 5.28. The topological polar surface area (TPSA) is 32.5 Å². The second kappa shape index (κ2) is 6.97. The predicted octanol–water partition coefficient (Wildman–Crippen LogP) is 3.78. The SMILES string of the molecule is c1coc(-c2nc(CN3CCN(Cc4cccs4)CC3)cs2)c1. The minimum Gasteiger partial charge on any atom is -0.462 e. The van der Waals surface area contributed by atoms with Gasteiger partial charge in [0.25, 0.3) is 0 Å². The maximum Gasteiger partial charge on any atom is 0.162 e. The van der Waals surface area contributed by atoms with Crippen LogP contribution in [0.3, 0.4) is 0 Å². The van der Waals surface area contributed by atoms with Crippen LogP contribution in [0.1, 0.15) is 10.6 Å². The van der Waals surface area contributed by atoms with Crippen LogP contribution in [-0.4, -0.2) is 41.0 Å². The van der Waals surface area contributed by atoms with Crippen LogP contribution >= 0.6 is 22.7 Å². The number of piperazine rings is 1. The molecule has 0 unspecified atom stereocenters. The molecule has 6 heteroatoms. The third-order valence-electron chi connectivity index (χ3n) is 4.09. The van der Waals surface area contributed by atoms with E-state index in [1.165, 1.54) is 4.88 Å². The molecule has 1 saturated heterocycles. The Morgan fingerprint density at radius 2 is 1.83 bits per heavy atom. The van der Waals surface area contributed by atoms with Gasteiger partial charge in [-0.05, 0) is 23.6 Å². The van der Waals surface area contributed by atoms with E-state index in [0.717, 1.165) is 55.7 Å². The highest BCUT2D eigenvalue weighted by molar-refractivity contribution is 7.13. The van der Waals surface area contributed by atoms with Gasteiger partial charge in [0.2, 0.25) is 0 Å². The van der Waals surface area contributed by atoms with E-state index in [0.29, 0.717) is 0 Å². The zero-order chi connectivity index (χ0) is 15.5. The van der Waals surface area contributed by atoms with Crippen LogP contribution in [0.15, 0.2) is 45.7 Å². The molecule has 4 rings (SSSR count). The average Bonchev–Trinajstić information content (AvgIpc) is 3.31. The van der Waals surface area contributed by atoms with Gasteiger partial charge in [-0.3, -0.25) is 9.80 Å². The van der Waals surface area contributed by atoms with Crippen LogP contribution in [0.2, 0.25) is 0 Å². The number of thiophene rings is 1. The summed E-state index contributed by atoms with van der Waals surface area (Å²) >= 11 is 3.51. The van der Waals surface area contributed by atoms with Crippen LogP contribution in [0, 0.1) is 0 Å². The first-order valence-electron chi connectivity index (χ1n) is 7.82. The normalized spacial score (nSPS) is 16.9. The lowest BCUT2D eigenvalue weighted by Gasteiger charge is -2.34. The largest absolute Gasteiger partial charge is 0.462 e. The molecule has 4 heterocycles. The molecule has 0 aliphatic carbocycles. The molecule has 0 radical (unpaired) electrons. The highest BCUT2D eigenvalue weighted by Crippen LogP contribution is 2.24. The van der Waals surface area contributed by atoms with Gasteiger partial charge < -0.3 is 4.42 Å². The molecule has 23 heavy (non-hydrogen) atoms. The minimum atomic E-state index is 0.863. The third kappa shape index (κ3) is 3.72. The lowest BCUT2D eigenvalue weighted by Crippen LogP contribution is -2.45. The van der Waals surface area contributed by atoms with E-state index >= 15 is 0 Å². The van der Waals surface area contributed by atoms with E-state index in [2.05, 4.69) is 32.7 Å². The van der Waals surface area contributed by atoms with Crippen molar-refractivity contribution in [3.63, 3.8) is 0 Å². The molecule has 1 aliphatic rings. The van der Waals surface area contributed by atoms with Crippen LogP contribution in [-0.2, 0) is 13.1 Å². The van der Waals surface area contributed by atoms with Gasteiger partial charge in [0.05, 0.1) is 12.0 Å². The Hall–Kier alpha value is -1.47. The zero-order valence-electron chi connectivity index (χ0n) is 12.9. The van der Waals surface area contributed by atoms with Gasteiger partial charge in [0.15, 0.2) is 10.8 Å². The van der Waals surface area contributed by atoms with Crippen molar-refractivity contribution < 1.29 is 4.42 Å². The number of aromatic nitrogens is 1. The van der Waals surface area contributed by atoms with E-state index < -0.39 is 0 Å². The first-order chi connectivity index (χ1) is 11.4. The Morgan fingerprint density at radius 1 is 1.00 bits per heavy atom. The van der Waals surface area contributed by atoms with Gasteiger partial charge in [-0.1, -0.05) is 6.07 Å². The Labute approximate surface area is 144 Å². The standard InChI is InChI=1S/C17H19N3OS2/c1-4-16(21-9-1)17-18-14(13-23-17)11-19-5-7-20(8-6-19)12-15-3-2-10-22-15/h1-4,9-10,13H,5-8,11-12H2. The average molecular weight is 345 g/mol. The van der Waals surface area contributed by atoms with E-state index in [1.54, 1.807) is 17.6 Å². The highest BCUT2D eigenvalue weighted by Gasteiger charge is 2.18. The number of thiazole rings is 1. The molecule has 3 aromatic heterocycles. The quantitative estimate of drug-likeness (QED) is 0.704. The molecule has 3 aromatic rings. The second-order valence-electron chi connectivity index (χ2n) is 5.75. The Kier molecular flexibility index (Phi) is 4.57. The Balaban J connectivity index is 1.29. The number of hydrogen-bond donors (Lipinski definition) is 0. The molecule has 120 valence electrons. The summed E-state index contributed by atoms with van der Waals surface area (Å²) in [5.74, 6) is 0.863. The molecule has 1 fully saturated rings. The molecule has 0 amide bonds. The van der Waals surface area contributed by atoms with Gasteiger partial charge >= 0.3 is 0 Å². The van der Waals surface area contributed by atoms with Crippen molar-refractivity contribution in [2.45, 2.75) is 13.1 Å². The molecule has 1 aliphatic heterocycles. The van der Waals surface area contributed by atoms with E-state index in [4.69, 9.17) is 9.40 Å². The van der Waals surface area contributed by atoms with E-state index in [-0.39, 0.29) is 0 Å². The summed E-state index contributed by atoms with van der Waals surface area (Å²) in [4.78, 5) is 11.2. The van der Waals surface area contributed by atoms with Gasteiger partial charge in [-0.25, -0.2) is 4.98 Å². The van der Waals surface area contributed by atoms with Gasteiger partial charge in [0, 0.05) is 49.5 Å². The first kappa shape index (κ1) is 15.1. The Morgan fingerprint density at radius 3 is 2.52 bits per heavy atom. The summed E-state index contributed by atoms with van der Waals surface area (Å²) in [6, 6.07) is 8.23. The van der Waals surface area contributed by atoms with Crippen molar-refractivity contribution in [3.8, 4) is 10.8 Å². The fourth-order valence-electron chi connectivity index (χ4n) is 2.85. The summed E-state index contributed by atoms with van der Waals surface area (Å²) < 4.78 is 5.42. The second-order valence-corrected chi connectivity index (χ2v) is 7.64. The number of nitrogens with zero attached hydrogens (tertiary/aromatic N) is 3. The molecular weight excluding hydrogens is 326 g/mol. The van der Waals surface area contributed by atoms with Crippen molar-refractivity contribution in [2.75, 3.05) is 26.2 Å². The summed E-state index contributed by atoms with van der Waals surface area (Å²) in [6.45, 7) is 6.51. The minimum absolute atomic E-state index is 0.863. The fourth-order valence-corrected chi connectivity index (χ4v) is 4.37. The molecule has 0 aromatic carbocycles. The van der Waals surface area contributed by atoms with E-state index in [9.17, 15) is 0 Å².